The standard InChI is InChI=1S/C11H11ClO3/c12-11(13)3-1-2-8-4-5-9-10(6-8)15-7-14-9/h4-6H,1-3,7H2. The molecule has 3 nitrogen and oxygen atoms in total. The summed E-state index contributed by atoms with van der Waals surface area (Å²) in [6.45, 7) is 0.291. The van der Waals surface area contributed by atoms with E-state index < -0.39 is 0 Å². The number of rotatable bonds is 4. The number of carbonyl (C=O) groups excluding carboxylic acids is 1. The summed E-state index contributed by atoms with van der Waals surface area (Å²) in [5.41, 5.74) is 1.14. The zero-order chi connectivity index (χ0) is 10.7. The van der Waals surface area contributed by atoms with Crippen molar-refractivity contribution < 1.29 is 14.3 Å². The second-order valence-electron chi connectivity index (χ2n) is 3.40. The Morgan fingerprint density at radius 2 is 2.13 bits per heavy atom. The Kier molecular flexibility index (Phi) is 3.11. The van der Waals surface area contributed by atoms with E-state index in [0.29, 0.717) is 13.2 Å². The third-order valence-corrected chi connectivity index (χ3v) is 2.46. The summed E-state index contributed by atoms with van der Waals surface area (Å²) >= 11 is 5.25. The van der Waals surface area contributed by atoms with Gasteiger partial charge in [-0.05, 0) is 42.1 Å². The Labute approximate surface area is 92.9 Å². The first kappa shape index (κ1) is 10.3. The fourth-order valence-electron chi connectivity index (χ4n) is 1.53. The Bertz CT molecular complexity index is 376. The van der Waals surface area contributed by atoms with Crippen molar-refractivity contribution in [1.82, 2.24) is 0 Å². The van der Waals surface area contributed by atoms with Crippen LogP contribution in [0.4, 0.5) is 0 Å². The molecule has 0 saturated carbocycles. The van der Waals surface area contributed by atoms with Crippen molar-refractivity contribution in [3.8, 4) is 11.5 Å². The van der Waals surface area contributed by atoms with E-state index in [0.717, 1.165) is 29.9 Å². The lowest BCUT2D eigenvalue weighted by molar-refractivity contribution is -0.111. The fourth-order valence-corrected chi connectivity index (χ4v) is 1.66. The lowest BCUT2D eigenvalue weighted by atomic mass is 10.1. The molecule has 0 amide bonds. The predicted octanol–water partition coefficient (Wildman–Crippen LogP) is 2.50. The van der Waals surface area contributed by atoms with Crippen molar-refractivity contribution in [3.05, 3.63) is 23.8 Å². The highest BCUT2D eigenvalue weighted by molar-refractivity contribution is 6.63. The molecule has 0 saturated heterocycles. The van der Waals surface area contributed by atoms with Crippen LogP contribution in [0.3, 0.4) is 0 Å². The van der Waals surface area contributed by atoms with Crippen LogP contribution in [0, 0.1) is 0 Å². The zero-order valence-corrected chi connectivity index (χ0v) is 8.92. The lowest BCUT2D eigenvalue weighted by Gasteiger charge is -2.01. The molecule has 0 spiro atoms. The molecule has 80 valence electrons. The zero-order valence-electron chi connectivity index (χ0n) is 8.16. The second kappa shape index (κ2) is 4.53. The number of hydrogen-bond acceptors (Lipinski definition) is 3. The summed E-state index contributed by atoms with van der Waals surface area (Å²) in [4.78, 5) is 10.5. The van der Waals surface area contributed by atoms with Crippen LogP contribution < -0.4 is 9.47 Å². The van der Waals surface area contributed by atoms with Crippen molar-refractivity contribution in [2.75, 3.05) is 6.79 Å². The largest absolute Gasteiger partial charge is 0.454 e. The number of ether oxygens (including phenoxy) is 2. The van der Waals surface area contributed by atoms with Gasteiger partial charge in [0.1, 0.15) is 0 Å². The summed E-state index contributed by atoms with van der Waals surface area (Å²) in [7, 11) is 0. The molecular weight excluding hydrogens is 216 g/mol. The first-order valence-electron chi connectivity index (χ1n) is 4.82. The van der Waals surface area contributed by atoms with Crippen molar-refractivity contribution >= 4 is 16.8 Å². The highest BCUT2D eigenvalue weighted by atomic mass is 35.5. The van der Waals surface area contributed by atoms with Gasteiger partial charge in [0, 0.05) is 6.42 Å². The van der Waals surface area contributed by atoms with Crippen molar-refractivity contribution in [2.45, 2.75) is 19.3 Å². The van der Waals surface area contributed by atoms with E-state index in [1.165, 1.54) is 0 Å². The molecule has 1 aromatic carbocycles. The molecule has 2 rings (SSSR count). The molecule has 1 aromatic rings. The Hall–Kier alpha value is -1.22. The molecule has 0 radical (unpaired) electrons. The van der Waals surface area contributed by atoms with Gasteiger partial charge in [-0.1, -0.05) is 6.07 Å². The highest BCUT2D eigenvalue weighted by Gasteiger charge is 2.12. The van der Waals surface area contributed by atoms with Gasteiger partial charge in [-0.3, -0.25) is 4.79 Å². The van der Waals surface area contributed by atoms with E-state index in [4.69, 9.17) is 21.1 Å². The van der Waals surface area contributed by atoms with Crippen LogP contribution in [0.5, 0.6) is 11.5 Å². The second-order valence-corrected chi connectivity index (χ2v) is 3.82. The molecule has 1 heterocycles. The molecule has 4 heteroatoms. The summed E-state index contributed by atoms with van der Waals surface area (Å²) in [5, 5.41) is -0.282. The topological polar surface area (TPSA) is 35.5 Å². The average molecular weight is 227 g/mol. The molecule has 0 bridgehead atoms. The Morgan fingerprint density at radius 3 is 2.93 bits per heavy atom. The van der Waals surface area contributed by atoms with Crippen molar-refractivity contribution in [1.29, 1.82) is 0 Å². The molecule has 1 aliphatic rings. The first-order chi connectivity index (χ1) is 7.25. The van der Waals surface area contributed by atoms with Crippen LogP contribution in [0.15, 0.2) is 18.2 Å². The number of fused-ring (bicyclic) bond motifs is 1. The Balaban J connectivity index is 1.95. The third-order valence-electron chi connectivity index (χ3n) is 2.28. The van der Waals surface area contributed by atoms with Gasteiger partial charge >= 0.3 is 0 Å². The van der Waals surface area contributed by atoms with Crippen LogP contribution >= 0.6 is 11.6 Å². The minimum absolute atomic E-state index is 0.282. The van der Waals surface area contributed by atoms with Crippen LogP contribution in [0.25, 0.3) is 0 Å². The van der Waals surface area contributed by atoms with Gasteiger partial charge in [-0.15, -0.1) is 0 Å². The Morgan fingerprint density at radius 1 is 1.33 bits per heavy atom. The number of halogens is 1. The van der Waals surface area contributed by atoms with Gasteiger partial charge in [0.25, 0.3) is 0 Å². The monoisotopic (exact) mass is 226 g/mol. The van der Waals surface area contributed by atoms with Crippen LogP contribution in [-0.2, 0) is 11.2 Å². The van der Waals surface area contributed by atoms with Gasteiger partial charge < -0.3 is 9.47 Å². The summed E-state index contributed by atoms with van der Waals surface area (Å²) in [5.74, 6) is 1.57. The molecule has 1 aliphatic heterocycles. The first-order valence-corrected chi connectivity index (χ1v) is 5.20. The van der Waals surface area contributed by atoms with Crippen LogP contribution in [-0.4, -0.2) is 12.0 Å². The normalized spacial score (nSPS) is 12.9. The smallest absolute Gasteiger partial charge is 0.231 e. The SMILES string of the molecule is O=C(Cl)CCCc1ccc2c(c1)OCO2. The minimum Gasteiger partial charge on any atom is -0.454 e. The number of aryl methyl sites for hydroxylation is 1. The molecule has 0 N–H and O–H groups in total. The van der Waals surface area contributed by atoms with Crippen LogP contribution in [0.1, 0.15) is 18.4 Å². The van der Waals surface area contributed by atoms with E-state index in [9.17, 15) is 4.79 Å². The summed E-state index contributed by atoms with van der Waals surface area (Å²) in [6.07, 6.45) is 2.01. The van der Waals surface area contributed by atoms with Gasteiger partial charge in [-0.25, -0.2) is 0 Å². The average Bonchev–Trinajstić information content (AvgIpc) is 2.64. The number of benzene rings is 1. The van der Waals surface area contributed by atoms with Gasteiger partial charge in [0.2, 0.25) is 12.0 Å². The van der Waals surface area contributed by atoms with E-state index in [2.05, 4.69) is 0 Å². The van der Waals surface area contributed by atoms with Crippen molar-refractivity contribution in [3.63, 3.8) is 0 Å². The molecular formula is C11H11ClO3. The molecule has 0 aromatic heterocycles. The molecule has 0 unspecified atom stereocenters. The lowest BCUT2D eigenvalue weighted by Crippen LogP contribution is -1.93. The summed E-state index contributed by atoms with van der Waals surface area (Å²) < 4.78 is 10.4. The van der Waals surface area contributed by atoms with Gasteiger partial charge in [0.15, 0.2) is 11.5 Å². The maximum Gasteiger partial charge on any atom is 0.231 e. The van der Waals surface area contributed by atoms with Gasteiger partial charge in [-0.2, -0.15) is 0 Å². The number of carbonyl (C=O) groups is 1. The van der Waals surface area contributed by atoms with E-state index >= 15 is 0 Å². The molecule has 15 heavy (non-hydrogen) atoms. The quantitative estimate of drug-likeness (QED) is 0.740. The van der Waals surface area contributed by atoms with Crippen molar-refractivity contribution in [2.24, 2.45) is 0 Å². The van der Waals surface area contributed by atoms with E-state index in [1.807, 2.05) is 18.2 Å². The highest BCUT2D eigenvalue weighted by Crippen LogP contribution is 2.32. The summed E-state index contributed by atoms with van der Waals surface area (Å²) in [6, 6.07) is 5.81. The van der Waals surface area contributed by atoms with Gasteiger partial charge in [0.05, 0.1) is 0 Å². The fraction of sp³-hybridized carbons (Fsp3) is 0.364. The molecule has 0 atom stereocenters. The van der Waals surface area contributed by atoms with E-state index in [1.54, 1.807) is 0 Å². The third kappa shape index (κ3) is 2.63. The molecule has 0 aliphatic carbocycles. The van der Waals surface area contributed by atoms with E-state index in [-0.39, 0.29) is 5.24 Å². The minimum atomic E-state index is -0.282. The maximum absolute atomic E-state index is 10.5. The molecule has 0 fully saturated rings. The number of hydrogen-bond donors (Lipinski definition) is 0. The predicted molar refractivity (Wildman–Crippen MR) is 56.4 cm³/mol. The van der Waals surface area contributed by atoms with Crippen LogP contribution in [0.2, 0.25) is 0 Å². The maximum atomic E-state index is 10.5.